The summed E-state index contributed by atoms with van der Waals surface area (Å²) in [4.78, 5) is 12.3. The van der Waals surface area contributed by atoms with Crippen molar-refractivity contribution >= 4 is 41.1 Å². The van der Waals surface area contributed by atoms with Crippen LogP contribution in [0.5, 0.6) is 0 Å². The fourth-order valence-corrected chi connectivity index (χ4v) is 3.90. The second-order valence-corrected chi connectivity index (χ2v) is 6.98. The molecule has 0 bridgehead atoms. The minimum atomic E-state index is -0.0499. The fourth-order valence-electron chi connectivity index (χ4n) is 2.21. The first-order chi connectivity index (χ1) is 9.49. The van der Waals surface area contributed by atoms with Gasteiger partial charge in [0, 0.05) is 28.4 Å². The highest BCUT2D eigenvalue weighted by molar-refractivity contribution is 7.97. The minimum absolute atomic E-state index is 0.0499. The first-order valence-electron chi connectivity index (χ1n) is 6.62. The zero-order valence-electron chi connectivity index (χ0n) is 11.5. The van der Waals surface area contributed by atoms with Crippen LogP contribution in [0, 0.1) is 0 Å². The number of nitrogens with zero attached hydrogens (tertiary/aromatic N) is 1. The van der Waals surface area contributed by atoms with Crippen LogP contribution >= 0.6 is 35.1 Å². The third-order valence-corrected chi connectivity index (χ3v) is 5.20. The molecule has 1 fully saturated rings. The molecule has 1 unspecified atom stereocenters. The van der Waals surface area contributed by atoms with Crippen LogP contribution in [0.1, 0.15) is 25.8 Å². The van der Waals surface area contributed by atoms with E-state index in [0.717, 1.165) is 17.7 Å². The van der Waals surface area contributed by atoms with Gasteiger partial charge in [-0.3, -0.25) is 4.79 Å². The van der Waals surface area contributed by atoms with E-state index in [4.69, 9.17) is 23.2 Å². The van der Waals surface area contributed by atoms with Crippen LogP contribution in [0.3, 0.4) is 0 Å². The number of nitrogens with one attached hydrogen (secondary N) is 1. The average Bonchev–Trinajstić information content (AvgIpc) is 2.86. The highest BCUT2D eigenvalue weighted by Gasteiger charge is 2.32. The molecule has 1 heterocycles. The van der Waals surface area contributed by atoms with E-state index in [9.17, 15) is 4.79 Å². The molecule has 0 aromatic heterocycles. The van der Waals surface area contributed by atoms with Gasteiger partial charge in [-0.1, -0.05) is 41.2 Å². The summed E-state index contributed by atoms with van der Waals surface area (Å²) in [6.07, 6.45) is 0.892. The van der Waals surface area contributed by atoms with Gasteiger partial charge in [-0.15, -0.1) is 0 Å². The molecule has 1 aromatic carbocycles. The lowest BCUT2D eigenvalue weighted by Gasteiger charge is -2.25. The fraction of sp³-hybridized carbons (Fsp3) is 0.500. The summed E-state index contributed by atoms with van der Waals surface area (Å²) in [5.41, 5.74) is 0.881. The Morgan fingerprint density at radius 2 is 2.25 bits per heavy atom. The Morgan fingerprint density at radius 3 is 2.90 bits per heavy atom. The Kier molecular flexibility index (Phi) is 5.61. The molecule has 1 atom stereocenters. The van der Waals surface area contributed by atoms with Crippen molar-refractivity contribution in [2.75, 3.05) is 5.75 Å². The number of rotatable bonds is 4. The smallest absolute Gasteiger partial charge is 0.238 e. The maximum absolute atomic E-state index is 12.3. The molecule has 6 heteroatoms. The van der Waals surface area contributed by atoms with Gasteiger partial charge in [-0.2, -0.15) is 0 Å². The molecule has 110 valence electrons. The maximum atomic E-state index is 12.3. The number of hydrogen-bond donors (Lipinski definition) is 1. The molecular formula is C14H18Cl2N2OS. The first-order valence-corrected chi connectivity index (χ1v) is 8.31. The number of amides is 1. The van der Waals surface area contributed by atoms with Gasteiger partial charge in [0.1, 0.15) is 6.04 Å². The maximum Gasteiger partial charge on any atom is 0.238 e. The van der Waals surface area contributed by atoms with Gasteiger partial charge in [0.15, 0.2) is 0 Å². The molecule has 1 aliphatic heterocycles. The van der Waals surface area contributed by atoms with E-state index < -0.39 is 0 Å². The van der Waals surface area contributed by atoms with Crippen molar-refractivity contribution in [2.24, 2.45) is 0 Å². The number of hydrogen-bond acceptors (Lipinski definition) is 3. The standard InChI is InChI=1S/C14H18Cl2N2OS/c1-9(2)18-13(5-6-20-18)14(19)17-8-10-3-4-11(15)7-12(10)16/h3-4,7,9,13H,5-6,8H2,1-2H3,(H,17,19). The predicted molar refractivity (Wildman–Crippen MR) is 86.1 cm³/mol. The Balaban J connectivity index is 1.95. The SMILES string of the molecule is CC(C)N1SCCC1C(=O)NCc1ccc(Cl)cc1Cl. The lowest BCUT2D eigenvalue weighted by molar-refractivity contribution is -0.125. The molecule has 1 N–H and O–H groups in total. The second kappa shape index (κ2) is 7.03. The highest BCUT2D eigenvalue weighted by atomic mass is 35.5. The molecule has 0 radical (unpaired) electrons. The van der Waals surface area contributed by atoms with Crippen LogP contribution in [-0.2, 0) is 11.3 Å². The Labute approximate surface area is 134 Å². The van der Waals surface area contributed by atoms with E-state index in [1.807, 2.05) is 6.07 Å². The van der Waals surface area contributed by atoms with Crippen LogP contribution in [0.2, 0.25) is 10.0 Å². The summed E-state index contributed by atoms with van der Waals surface area (Å²) in [7, 11) is 0. The molecule has 0 saturated carbocycles. The predicted octanol–water partition coefficient (Wildman–Crippen LogP) is 3.74. The number of carbonyl (C=O) groups is 1. The zero-order chi connectivity index (χ0) is 14.7. The lowest BCUT2D eigenvalue weighted by Crippen LogP contribution is -2.43. The van der Waals surface area contributed by atoms with Crippen LogP contribution in [0.15, 0.2) is 18.2 Å². The lowest BCUT2D eigenvalue weighted by atomic mass is 10.1. The van der Waals surface area contributed by atoms with Gasteiger partial charge in [0.05, 0.1) is 0 Å². The minimum Gasteiger partial charge on any atom is -0.351 e. The van der Waals surface area contributed by atoms with Gasteiger partial charge in [0.25, 0.3) is 0 Å². The summed E-state index contributed by atoms with van der Waals surface area (Å²) < 4.78 is 2.17. The van der Waals surface area contributed by atoms with Gasteiger partial charge < -0.3 is 5.32 Å². The number of halogens is 2. The normalized spacial score (nSPS) is 19.6. The summed E-state index contributed by atoms with van der Waals surface area (Å²) >= 11 is 13.7. The molecule has 1 amide bonds. The van der Waals surface area contributed by atoms with Gasteiger partial charge >= 0.3 is 0 Å². The van der Waals surface area contributed by atoms with E-state index in [2.05, 4.69) is 23.5 Å². The van der Waals surface area contributed by atoms with Crippen LogP contribution in [0.4, 0.5) is 0 Å². The third-order valence-electron chi connectivity index (χ3n) is 3.22. The molecule has 3 nitrogen and oxygen atoms in total. The molecule has 1 aromatic rings. The zero-order valence-corrected chi connectivity index (χ0v) is 13.9. The Hall–Kier alpha value is -0.420. The van der Waals surface area contributed by atoms with E-state index in [0.29, 0.717) is 22.6 Å². The quantitative estimate of drug-likeness (QED) is 0.852. The van der Waals surface area contributed by atoms with Crippen molar-refractivity contribution in [3.05, 3.63) is 33.8 Å². The van der Waals surface area contributed by atoms with E-state index in [-0.39, 0.29) is 11.9 Å². The topological polar surface area (TPSA) is 32.3 Å². The summed E-state index contributed by atoms with van der Waals surface area (Å²) in [5, 5.41) is 4.15. The van der Waals surface area contributed by atoms with Crippen molar-refractivity contribution in [2.45, 2.75) is 38.9 Å². The van der Waals surface area contributed by atoms with Crippen molar-refractivity contribution < 1.29 is 4.79 Å². The number of carbonyl (C=O) groups excluding carboxylic acids is 1. The van der Waals surface area contributed by atoms with Gasteiger partial charge in [-0.05, 0) is 38.0 Å². The first kappa shape index (κ1) is 16.0. The highest BCUT2D eigenvalue weighted by Crippen LogP contribution is 2.29. The van der Waals surface area contributed by atoms with Gasteiger partial charge in [-0.25, -0.2) is 4.31 Å². The third kappa shape index (κ3) is 3.82. The van der Waals surface area contributed by atoms with Crippen LogP contribution < -0.4 is 5.32 Å². The number of benzene rings is 1. The molecule has 2 rings (SSSR count). The van der Waals surface area contributed by atoms with E-state index in [1.54, 1.807) is 24.1 Å². The van der Waals surface area contributed by atoms with Crippen molar-refractivity contribution in [3.63, 3.8) is 0 Å². The van der Waals surface area contributed by atoms with E-state index in [1.165, 1.54) is 0 Å². The molecular weight excluding hydrogens is 315 g/mol. The summed E-state index contributed by atoms with van der Waals surface area (Å²) in [6.45, 7) is 4.64. The molecule has 0 aliphatic carbocycles. The average molecular weight is 333 g/mol. The van der Waals surface area contributed by atoms with Gasteiger partial charge in [0.2, 0.25) is 5.91 Å². The van der Waals surface area contributed by atoms with Crippen molar-refractivity contribution in [1.29, 1.82) is 0 Å². The van der Waals surface area contributed by atoms with Crippen LogP contribution in [-0.4, -0.2) is 28.0 Å². The van der Waals surface area contributed by atoms with Crippen molar-refractivity contribution in [1.82, 2.24) is 9.62 Å². The molecule has 0 spiro atoms. The summed E-state index contributed by atoms with van der Waals surface area (Å²) in [5.74, 6) is 1.06. The van der Waals surface area contributed by atoms with Crippen molar-refractivity contribution in [3.8, 4) is 0 Å². The molecule has 20 heavy (non-hydrogen) atoms. The Morgan fingerprint density at radius 1 is 1.50 bits per heavy atom. The van der Waals surface area contributed by atoms with Crippen LogP contribution in [0.25, 0.3) is 0 Å². The largest absolute Gasteiger partial charge is 0.351 e. The summed E-state index contributed by atoms with van der Waals surface area (Å²) in [6, 6.07) is 5.62. The molecule has 1 aliphatic rings. The molecule has 1 saturated heterocycles. The Bertz CT molecular complexity index is 496. The second-order valence-electron chi connectivity index (χ2n) is 5.04. The monoisotopic (exact) mass is 332 g/mol. The van der Waals surface area contributed by atoms with E-state index >= 15 is 0 Å².